The van der Waals surface area contributed by atoms with Gasteiger partial charge in [0, 0.05) is 20.2 Å². The summed E-state index contributed by atoms with van der Waals surface area (Å²) < 4.78 is 5.18. The number of aromatic nitrogens is 2. The van der Waals surface area contributed by atoms with Gasteiger partial charge in [-0.1, -0.05) is 0 Å². The van der Waals surface area contributed by atoms with E-state index in [1.807, 2.05) is 0 Å². The molecule has 1 amide bonds. The molecule has 19 heavy (non-hydrogen) atoms. The molecule has 6 heteroatoms. The fraction of sp³-hybridized carbons (Fsp3) is 0.538. The Morgan fingerprint density at radius 1 is 1.63 bits per heavy atom. The van der Waals surface area contributed by atoms with E-state index in [1.165, 1.54) is 6.08 Å². The average Bonchev–Trinajstić information content (AvgIpc) is 3.04. The molecule has 1 aromatic rings. The summed E-state index contributed by atoms with van der Waals surface area (Å²) in [5.74, 6) is -0.143. The molecule has 0 bridgehead atoms. The maximum Gasteiger partial charge on any atom is 0.246 e. The molecule has 1 fully saturated rings. The summed E-state index contributed by atoms with van der Waals surface area (Å²) in [4.78, 5) is 20.3. The normalized spacial score (nSPS) is 27.0. The third-order valence-electron chi connectivity index (χ3n) is 3.59. The van der Waals surface area contributed by atoms with Gasteiger partial charge in [0.2, 0.25) is 5.91 Å². The molecular weight excluding hydrogens is 246 g/mol. The van der Waals surface area contributed by atoms with Gasteiger partial charge >= 0.3 is 0 Å². The summed E-state index contributed by atoms with van der Waals surface area (Å²) in [6, 6.07) is -0.191. The molecule has 0 aromatic carbocycles. The molecule has 1 heterocycles. The van der Waals surface area contributed by atoms with Gasteiger partial charge in [-0.3, -0.25) is 4.79 Å². The molecule has 2 rings (SSSR count). The van der Waals surface area contributed by atoms with E-state index in [0.717, 1.165) is 18.5 Å². The lowest BCUT2D eigenvalue weighted by Gasteiger charge is -2.27. The molecule has 104 valence electrons. The molecule has 0 aliphatic heterocycles. The lowest BCUT2D eigenvalue weighted by atomic mass is 10.1. The van der Waals surface area contributed by atoms with Crippen molar-refractivity contribution in [1.29, 1.82) is 0 Å². The number of ether oxygens (including phenoxy) is 1. The van der Waals surface area contributed by atoms with Crippen molar-refractivity contribution in [2.75, 3.05) is 14.2 Å². The molecule has 0 spiro atoms. The van der Waals surface area contributed by atoms with Crippen molar-refractivity contribution in [3.05, 3.63) is 24.3 Å². The maximum absolute atomic E-state index is 12.0. The number of likely N-dealkylation sites (N-methyl/N-ethyl adjacent to an activating group) is 1. The molecule has 2 N–H and O–H groups in total. The second-order valence-corrected chi connectivity index (χ2v) is 4.70. The van der Waals surface area contributed by atoms with Gasteiger partial charge < -0.3 is 19.7 Å². The van der Waals surface area contributed by atoms with Crippen molar-refractivity contribution in [2.45, 2.75) is 31.1 Å². The minimum atomic E-state index is -0.625. The second kappa shape index (κ2) is 5.99. The van der Waals surface area contributed by atoms with Crippen LogP contribution in [0.15, 0.2) is 18.6 Å². The van der Waals surface area contributed by atoms with Crippen molar-refractivity contribution in [3.63, 3.8) is 0 Å². The number of aromatic amines is 1. The lowest BCUT2D eigenvalue weighted by Crippen LogP contribution is -2.44. The highest BCUT2D eigenvalue weighted by Crippen LogP contribution is 2.26. The first-order chi connectivity index (χ1) is 9.13. The van der Waals surface area contributed by atoms with Crippen LogP contribution in [0.1, 0.15) is 18.5 Å². The summed E-state index contributed by atoms with van der Waals surface area (Å²) in [5, 5.41) is 10.1. The van der Waals surface area contributed by atoms with Crippen LogP contribution in [0.5, 0.6) is 0 Å². The van der Waals surface area contributed by atoms with E-state index in [4.69, 9.17) is 4.74 Å². The van der Waals surface area contributed by atoms with Crippen LogP contribution in [0.4, 0.5) is 0 Å². The van der Waals surface area contributed by atoms with E-state index in [2.05, 4.69) is 9.97 Å². The Labute approximate surface area is 112 Å². The molecule has 1 aliphatic carbocycles. The van der Waals surface area contributed by atoms with Crippen LogP contribution < -0.4 is 0 Å². The van der Waals surface area contributed by atoms with Crippen molar-refractivity contribution >= 4 is 12.0 Å². The van der Waals surface area contributed by atoms with Crippen molar-refractivity contribution in [1.82, 2.24) is 14.9 Å². The third-order valence-corrected chi connectivity index (χ3v) is 3.59. The van der Waals surface area contributed by atoms with Gasteiger partial charge in [0.25, 0.3) is 0 Å². The first kappa shape index (κ1) is 13.8. The van der Waals surface area contributed by atoms with Crippen LogP contribution in [-0.2, 0) is 9.53 Å². The highest BCUT2D eigenvalue weighted by Gasteiger charge is 2.38. The molecule has 0 saturated heterocycles. The van der Waals surface area contributed by atoms with Crippen LogP contribution in [0.2, 0.25) is 0 Å². The smallest absolute Gasteiger partial charge is 0.246 e. The van der Waals surface area contributed by atoms with Crippen LogP contribution in [0.25, 0.3) is 6.08 Å². The third kappa shape index (κ3) is 3.02. The van der Waals surface area contributed by atoms with Crippen LogP contribution in [0, 0.1) is 0 Å². The van der Waals surface area contributed by atoms with Gasteiger partial charge in [0.1, 0.15) is 6.10 Å². The number of H-pyrrole nitrogens is 1. The predicted octanol–water partition coefficient (Wildman–Crippen LogP) is 0.420. The first-order valence-electron chi connectivity index (χ1n) is 6.27. The molecule has 0 unspecified atom stereocenters. The Balaban J connectivity index is 1.96. The number of carbonyl (C=O) groups excluding carboxylic acids is 1. The predicted molar refractivity (Wildman–Crippen MR) is 70.2 cm³/mol. The van der Waals surface area contributed by atoms with E-state index in [9.17, 15) is 9.90 Å². The summed E-state index contributed by atoms with van der Waals surface area (Å²) in [5.41, 5.74) is 0.767. The molecule has 0 radical (unpaired) electrons. The number of rotatable bonds is 4. The highest BCUT2D eigenvalue weighted by molar-refractivity contribution is 5.91. The molecule has 1 aromatic heterocycles. The molecule has 3 atom stereocenters. The number of carbonyl (C=O) groups is 1. The summed E-state index contributed by atoms with van der Waals surface area (Å²) in [7, 11) is 3.28. The van der Waals surface area contributed by atoms with E-state index in [1.54, 1.807) is 37.7 Å². The number of amides is 1. The summed E-state index contributed by atoms with van der Waals surface area (Å²) in [6.45, 7) is 0. The van der Waals surface area contributed by atoms with E-state index < -0.39 is 6.10 Å². The van der Waals surface area contributed by atoms with Gasteiger partial charge in [0.05, 0.1) is 30.4 Å². The number of hydrogen-bond donors (Lipinski definition) is 2. The Hall–Kier alpha value is -1.66. The number of nitrogens with zero attached hydrogens (tertiary/aromatic N) is 2. The van der Waals surface area contributed by atoms with Gasteiger partial charge in [-0.15, -0.1) is 0 Å². The van der Waals surface area contributed by atoms with Crippen molar-refractivity contribution in [2.24, 2.45) is 0 Å². The number of nitrogens with one attached hydrogen (secondary N) is 1. The first-order valence-corrected chi connectivity index (χ1v) is 6.27. The van der Waals surface area contributed by atoms with E-state index in [0.29, 0.717) is 0 Å². The monoisotopic (exact) mass is 265 g/mol. The van der Waals surface area contributed by atoms with Crippen molar-refractivity contribution < 1.29 is 14.6 Å². The zero-order valence-electron chi connectivity index (χ0n) is 11.1. The van der Waals surface area contributed by atoms with E-state index in [-0.39, 0.29) is 18.1 Å². The Bertz CT molecular complexity index is 444. The maximum atomic E-state index is 12.0. The van der Waals surface area contributed by atoms with E-state index >= 15 is 0 Å². The second-order valence-electron chi connectivity index (χ2n) is 4.70. The van der Waals surface area contributed by atoms with Gasteiger partial charge in [-0.05, 0) is 18.9 Å². The summed E-state index contributed by atoms with van der Waals surface area (Å²) in [6.07, 6.45) is 7.04. The fourth-order valence-corrected chi connectivity index (χ4v) is 2.40. The number of methoxy groups -OCH3 is 1. The van der Waals surface area contributed by atoms with Crippen molar-refractivity contribution in [3.8, 4) is 0 Å². The average molecular weight is 265 g/mol. The topological polar surface area (TPSA) is 78.5 Å². The standard InChI is InChI=1S/C13H19N3O3/c1-16(10-4-5-11(19-2)13(10)18)12(17)6-3-9-7-14-8-15-9/h3,6-8,10-11,13,18H,4-5H2,1-2H3,(H,14,15)/b6-3+/t10-,11-,13-/m1/s1. The van der Waals surface area contributed by atoms with Crippen LogP contribution in [0.3, 0.4) is 0 Å². The van der Waals surface area contributed by atoms with Crippen LogP contribution in [-0.4, -0.2) is 58.3 Å². The van der Waals surface area contributed by atoms with Gasteiger partial charge in [-0.25, -0.2) is 4.98 Å². The lowest BCUT2D eigenvalue weighted by molar-refractivity contribution is -0.129. The van der Waals surface area contributed by atoms with Gasteiger partial charge in [0.15, 0.2) is 0 Å². The minimum absolute atomic E-state index is 0.143. The van der Waals surface area contributed by atoms with Crippen LogP contribution >= 0.6 is 0 Å². The largest absolute Gasteiger partial charge is 0.388 e. The Kier molecular flexibility index (Phi) is 4.34. The summed E-state index contributed by atoms with van der Waals surface area (Å²) >= 11 is 0. The SMILES string of the molecule is CO[C@@H]1CC[C@@H](N(C)C(=O)/C=C/c2cnc[nH]2)[C@H]1O. The fourth-order valence-electron chi connectivity index (χ4n) is 2.40. The minimum Gasteiger partial charge on any atom is -0.388 e. The number of aliphatic hydroxyl groups is 1. The number of hydrogen-bond acceptors (Lipinski definition) is 4. The number of imidazole rings is 1. The Morgan fingerprint density at radius 3 is 3.00 bits per heavy atom. The zero-order valence-corrected chi connectivity index (χ0v) is 11.1. The zero-order chi connectivity index (χ0) is 13.8. The molecule has 1 saturated carbocycles. The Morgan fingerprint density at radius 2 is 2.42 bits per heavy atom. The van der Waals surface area contributed by atoms with Gasteiger partial charge in [-0.2, -0.15) is 0 Å². The number of aliphatic hydroxyl groups excluding tert-OH is 1. The quantitative estimate of drug-likeness (QED) is 0.773. The molecule has 6 nitrogen and oxygen atoms in total. The highest BCUT2D eigenvalue weighted by atomic mass is 16.5. The molecular formula is C13H19N3O3. The molecule has 1 aliphatic rings.